The van der Waals surface area contributed by atoms with Crippen LogP contribution >= 0.6 is 0 Å². The standard InChI is InChI=1S/C21H24N2O7S/c1-23(31(27,28)17-9-7-16(29-2)8-10-17)15-6-4-5-14(11-15)12-21(20(25)30-3)13-18(21)19(24)22-26/h4-11,18,26H,12-13H2,1-3H3,(H,22,24)/t18-,21+/m1/s1. The molecule has 1 aliphatic rings. The molecule has 10 heteroatoms. The first-order valence-electron chi connectivity index (χ1n) is 9.44. The Hall–Kier alpha value is -3.11. The van der Waals surface area contributed by atoms with Crippen molar-refractivity contribution >= 4 is 27.6 Å². The van der Waals surface area contributed by atoms with E-state index in [2.05, 4.69) is 0 Å². The molecule has 2 atom stereocenters. The molecule has 0 spiro atoms. The molecule has 1 saturated carbocycles. The molecule has 0 radical (unpaired) electrons. The van der Waals surface area contributed by atoms with E-state index in [0.29, 0.717) is 17.0 Å². The number of carbonyl (C=O) groups is 2. The van der Waals surface area contributed by atoms with Crippen LogP contribution in [0.15, 0.2) is 53.4 Å². The van der Waals surface area contributed by atoms with E-state index in [1.807, 2.05) is 0 Å². The van der Waals surface area contributed by atoms with Crippen LogP contribution in [0.2, 0.25) is 0 Å². The Morgan fingerprint density at radius 3 is 2.45 bits per heavy atom. The van der Waals surface area contributed by atoms with Crippen molar-refractivity contribution in [2.75, 3.05) is 25.6 Å². The van der Waals surface area contributed by atoms with E-state index in [4.69, 9.17) is 14.7 Å². The zero-order valence-electron chi connectivity index (χ0n) is 17.4. The lowest BCUT2D eigenvalue weighted by molar-refractivity contribution is -0.149. The van der Waals surface area contributed by atoms with Crippen molar-refractivity contribution in [2.24, 2.45) is 11.3 Å². The molecule has 1 amide bonds. The molecule has 0 bridgehead atoms. The van der Waals surface area contributed by atoms with Crippen LogP contribution in [-0.4, -0.2) is 46.8 Å². The van der Waals surface area contributed by atoms with Crippen LogP contribution < -0.4 is 14.5 Å². The van der Waals surface area contributed by atoms with E-state index in [9.17, 15) is 18.0 Å². The summed E-state index contributed by atoms with van der Waals surface area (Å²) in [6.45, 7) is 0. The summed E-state index contributed by atoms with van der Waals surface area (Å²) < 4.78 is 37.1. The summed E-state index contributed by atoms with van der Waals surface area (Å²) in [4.78, 5) is 24.3. The Morgan fingerprint density at radius 1 is 1.19 bits per heavy atom. The molecule has 0 saturated heterocycles. The van der Waals surface area contributed by atoms with Gasteiger partial charge in [-0.15, -0.1) is 0 Å². The van der Waals surface area contributed by atoms with Crippen LogP contribution in [0.3, 0.4) is 0 Å². The summed E-state index contributed by atoms with van der Waals surface area (Å²) >= 11 is 0. The third-order valence-electron chi connectivity index (χ3n) is 5.61. The molecule has 3 rings (SSSR count). The van der Waals surface area contributed by atoms with Crippen molar-refractivity contribution in [3.63, 3.8) is 0 Å². The second-order valence-electron chi connectivity index (χ2n) is 7.38. The summed E-state index contributed by atoms with van der Waals surface area (Å²) in [5, 5.41) is 8.91. The smallest absolute Gasteiger partial charge is 0.312 e. The number of hydrogen-bond donors (Lipinski definition) is 2. The molecule has 0 unspecified atom stereocenters. The average Bonchev–Trinajstić information content (AvgIpc) is 3.52. The van der Waals surface area contributed by atoms with Gasteiger partial charge in [-0.3, -0.25) is 19.1 Å². The fourth-order valence-electron chi connectivity index (χ4n) is 3.69. The zero-order chi connectivity index (χ0) is 22.8. The third-order valence-corrected chi connectivity index (χ3v) is 7.41. The number of hydroxylamine groups is 1. The number of benzene rings is 2. The van der Waals surface area contributed by atoms with Gasteiger partial charge >= 0.3 is 5.97 Å². The predicted molar refractivity (Wildman–Crippen MR) is 111 cm³/mol. The highest BCUT2D eigenvalue weighted by Crippen LogP contribution is 2.56. The predicted octanol–water partition coefficient (Wildman–Crippen LogP) is 1.75. The number of rotatable bonds is 8. The second kappa shape index (κ2) is 8.56. The topological polar surface area (TPSA) is 122 Å². The van der Waals surface area contributed by atoms with Crippen molar-refractivity contribution in [3.05, 3.63) is 54.1 Å². The summed E-state index contributed by atoms with van der Waals surface area (Å²) in [5.74, 6) is -1.37. The van der Waals surface area contributed by atoms with Crippen molar-refractivity contribution in [3.8, 4) is 5.75 Å². The number of hydrogen-bond acceptors (Lipinski definition) is 7. The Labute approximate surface area is 180 Å². The number of methoxy groups -OCH3 is 2. The molecule has 0 heterocycles. The largest absolute Gasteiger partial charge is 0.497 e. The van der Waals surface area contributed by atoms with Gasteiger partial charge in [-0.25, -0.2) is 13.9 Å². The lowest BCUT2D eigenvalue weighted by Crippen LogP contribution is -2.30. The summed E-state index contributed by atoms with van der Waals surface area (Å²) in [6, 6.07) is 12.8. The number of nitrogens with one attached hydrogen (secondary N) is 1. The van der Waals surface area contributed by atoms with Gasteiger partial charge in [-0.2, -0.15) is 0 Å². The highest BCUT2D eigenvalue weighted by Gasteiger charge is 2.64. The van der Waals surface area contributed by atoms with Gasteiger partial charge < -0.3 is 9.47 Å². The quantitative estimate of drug-likeness (QED) is 0.358. The first kappa shape index (κ1) is 22.6. The molecule has 2 aromatic rings. The fourth-order valence-corrected chi connectivity index (χ4v) is 4.88. The molecule has 31 heavy (non-hydrogen) atoms. The fraction of sp³-hybridized carbons (Fsp3) is 0.333. The number of anilines is 1. The van der Waals surface area contributed by atoms with Crippen molar-refractivity contribution in [1.29, 1.82) is 0 Å². The SMILES string of the molecule is COC(=O)[C@@]1(Cc2cccc(N(C)S(=O)(=O)c3ccc(OC)cc3)c2)C[C@@H]1C(=O)NO. The number of sulfonamides is 1. The third kappa shape index (κ3) is 4.21. The molecule has 1 aliphatic carbocycles. The molecule has 166 valence electrons. The Kier molecular flexibility index (Phi) is 6.23. The van der Waals surface area contributed by atoms with Crippen LogP contribution in [-0.2, 0) is 30.8 Å². The van der Waals surface area contributed by atoms with Crippen molar-refractivity contribution in [2.45, 2.75) is 17.7 Å². The zero-order valence-corrected chi connectivity index (χ0v) is 18.2. The number of ether oxygens (including phenoxy) is 2. The number of carbonyl (C=O) groups excluding carboxylic acids is 2. The van der Waals surface area contributed by atoms with Gasteiger partial charge in [0.25, 0.3) is 10.0 Å². The molecule has 0 aliphatic heterocycles. The number of amides is 1. The molecular weight excluding hydrogens is 424 g/mol. The molecule has 2 aromatic carbocycles. The van der Waals surface area contributed by atoms with Crippen LogP contribution in [0.1, 0.15) is 12.0 Å². The maximum Gasteiger partial charge on any atom is 0.312 e. The van der Waals surface area contributed by atoms with Gasteiger partial charge in [0.15, 0.2) is 0 Å². The van der Waals surface area contributed by atoms with E-state index < -0.39 is 33.2 Å². The van der Waals surface area contributed by atoms with E-state index in [0.717, 1.165) is 4.31 Å². The summed E-state index contributed by atoms with van der Waals surface area (Å²) in [7, 11) is 0.351. The molecule has 1 fully saturated rings. The van der Waals surface area contributed by atoms with E-state index in [-0.39, 0.29) is 17.7 Å². The number of nitrogens with zero attached hydrogens (tertiary/aromatic N) is 1. The van der Waals surface area contributed by atoms with Gasteiger partial charge in [-0.05, 0) is 54.8 Å². The van der Waals surface area contributed by atoms with Gasteiger partial charge in [0.1, 0.15) is 5.75 Å². The van der Waals surface area contributed by atoms with Gasteiger partial charge in [-0.1, -0.05) is 12.1 Å². The Balaban J connectivity index is 1.87. The Bertz CT molecular complexity index is 1090. The van der Waals surface area contributed by atoms with Crippen molar-refractivity contribution < 1.29 is 32.7 Å². The lowest BCUT2D eigenvalue weighted by atomic mass is 9.93. The minimum Gasteiger partial charge on any atom is -0.497 e. The second-order valence-corrected chi connectivity index (χ2v) is 9.34. The van der Waals surface area contributed by atoms with Crippen molar-refractivity contribution in [1.82, 2.24) is 5.48 Å². The van der Waals surface area contributed by atoms with Crippen LogP contribution in [0, 0.1) is 11.3 Å². The van der Waals surface area contributed by atoms with Gasteiger partial charge in [0.2, 0.25) is 5.91 Å². The summed E-state index contributed by atoms with van der Waals surface area (Å²) in [6.07, 6.45) is 0.401. The first-order chi connectivity index (χ1) is 14.7. The summed E-state index contributed by atoms with van der Waals surface area (Å²) in [5.41, 5.74) is 1.55. The van der Waals surface area contributed by atoms with Gasteiger partial charge in [0, 0.05) is 7.05 Å². The maximum absolute atomic E-state index is 13.0. The monoisotopic (exact) mass is 448 g/mol. The minimum atomic E-state index is -3.82. The average molecular weight is 448 g/mol. The molecule has 2 N–H and O–H groups in total. The molecule has 9 nitrogen and oxygen atoms in total. The Morgan fingerprint density at radius 2 is 1.87 bits per heavy atom. The van der Waals surface area contributed by atoms with E-state index in [1.54, 1.807) is 41.9 Å². The normalized spacial score (nSPS) is 19.9. The van der Waals surface area contributed by atoms with Crippen LogP contribution in [0.25, 0.3) is 0 Å². The highest BCUT2D eigenvalue weighted by atomic mass is 32.2. The van der Waals surface area contributed by atoms with E-state index >= 15 is 0 Å². The molecule has 0 aromatic heterocycles. The van der Waals surface area contributed by atoms with Crippen LogP contribution in [0.5, 0.6) is 5.75 Å². The highest BCUT2D eigenvalue weighted by molar-refractivity contribution is 7.92. The van der Waals surface area contributed by atoms with E-state index in [1.165, 1.54) is 33.4 Å². The maximum atomic E-state index is 13.0. The lowest BCUT2D eigenvalue weighted by Gasteiger charge is -2.21. The first-order valence-corrected chi connectivity index (χ1v) is 10.9. The van der Waals surface area contributed by atoms with Gasteiger partial charge in [0.05, 0.1) is 36.1 Å². The number of esters is 1. The van der Waals surface area contributed by atoms with Crippen LogP contribution in [0.4, 0.5) is 5.69 Å². The molecular formula is C21H24N2O7S. The minimum absolute atomic E-state index is 0.106.